The third-order valence-electron chi connectivity index (χ3n) is 3.37. The number of halogens is 1. The summed E-state index contributed by atoms with van der Waals surface area (Å²) in [6.45, 7) is 2.85. The molecule has 3 heterocycles. The molecule has 1 aliphatic heterocycles. The van der Waals surface area contributed by atoms with Crippen molar-refractivity contribution < 1.29 is 4.92 Å². The zero-order valence-electron chi connectivity index (χ0n) is 11.0. The van der Waals surface area contributed by atoms with Crippen LogP contribution in [0, 0.1) is 10.1 Å². The maximum absolute atomic E-state index is 12.0. The zero-order chi connectivity index (χ0) is 15.1. The zero-order valence-corrected chi connectivity index (χ0v) is 12.6. The van der Waals surface area contributed by atoms with E-state index in [2.05, 4.69) is 4.98 Å². The Labute approximate surface area is 128 Å². The Morgan fingerprint density at radius 2 is 2.33 bits per heavy atom. The lowest BCUT2D eigenvalue weighted by Crippen LogP contribution is -2.21. The van der Waals surface area contributed by atoms with Crippen molar-refractivity contribution >= 4 is 34.4 Å². The molecule has 0 aliphatic carbocycles. The molecule has 0 N–H and O–H groups in total. The van der Waals surface area contributed by atoms with Gasteiger partial charge in [-0.15, -0.1) is 11.3 Å². The van der Waals surface area contributed by atoms with Crippen LogP contribution in [0.2, 0.25) is 4.47 Å². The van der Waals surface area contributed by atoms with Crippen LogP contribution < -0.4 is 10.5 Å². The number of nitrogens with zero attached hydrogens (tertiary/aromatic N) is 4. The smallest absolute Gasteiger partial charge is 0.310 e. The molecule has 7 nitrogen and oxygen atoms in total. The Morgan fingerprint density at radius 1 is 1.57 bits per heavy atom. The first-order valence-corrected chi connectivity index (χ1v) is 7.42. The van der Waals surface area contributed by atoms with Crippen LogP contribution in [0.25, 0.3) is 0 Å². The first-order chi connectivity index (χ1) is 9.97. The molecule has 0 fully saturated rings. The summed E-state index contributed by atoms with van der Waals surface area (Å²) in [6.07, 6.45) is 1.65. The summed E-state index contributed by atoms with van der Waals surface area (Å²) in [6, 6.07) is 2.39. The predicted octanol–water partition coefficient (Wildman–Crippen LogP) is 2.45. The highest BCUT2D eigenvalue weighted by atomic mass is 35.5. The number of thiazole rings is 1. The Balaban J connectivity index is 2.07. The maximum atomic E-state index is 12.0. The molecule has 0 saturated heterocycles. The highest BCUT2D eigenvalue weighted by Crippen LogP contribution is 2.36. The fourth-order valence-corrected chi connectivity index (χ4v) is 3.58. The number of pyridine rings is 1. The molecule has 1 atom stereocenters. The molecule has 2 aromatic heterocycles. The lowest BCUT2D eigenvalue weighted by Gasteiger charge is -2.16. The minimum absolute atomic E-state index is 0.0606. The van der Waals surface area contributed by atoms with Crippen LogP contribution in [0.4, 0.5) is 11.5 Å². The van der Waals surface area contributed by atoms with Gasteiger partial charge in [-0.2, -0.15) is 0 Å². The van der Waals surface area contributed by atoms with E-state index in [1.807, 2.05) is 11.8 Å². The van der Waals surface area contributed by atoms with Crippen molar-refractivity contribution in [3.63, 3.8) is 0 Å². The molecule has 9 heteroatoms. The van der Waals surface area contributed by atoms with Gasteiger partial charge in [0.05, 0.1) is 17.5 Å². The molecule has 0 spiro atoms. The third kappa shape index (κ3) is 2.40. The van der Waals surface area contributed by atoms with Gasteiger partial charge < -0.3 is 4.90 Å². The number of nitro groups is 1. The monoisotopic (exact) mass is 326 g/mol. The summed E-state index contributed by atoms with van der Waals surface area (Å²) < 4.78 is 1.90. The molecule has 1 unspecified atom stereocenters. The molecule has 0 aromatic carbocycles. The van der Waals surface area contributed by atoms with E-state index in [1.54, 1.807) is 6.20 Å². The molecule has 3 rings (SSSR count). The summed E-state index contributed by atoms with van der Waals surface area (Å²) in [5.41, 5.74) is -0.289. The van der Waals surface area contributed by atoms with Crippen LogP contribution in [0.5, 0.6) is 0 Å². The van der Waals surface area contributed by atoms with Crippen LogP contribution in [-0.4, -0.2) is 21.0 Å². The van der Waals surface area contributed by atoms with Gasteiger partial charge in [0, 0.05) is 29.8 Å². The van der Waals surface area contributed by atoms with Gasteiger partial charge in [0.25, 0.3) is 5.56 Å². The first kappa shape index (κ1) is 14.0. The van der Waals surface area contributed by atoms with Crippen LogP contribution in [0.1, 0.15) is 17.8 Å². The summed E-state index contributed by atoms with van der Waals surface area (Å²) in [5.74, 6) is 0.351. The van der Waals surface area contributed by atoms with Crippen LogP contribution in [-0.2, 0) is 6.54 Å². The van der Waals surface area contributed by atoms with E-state index in [4.69, 9.17) is 11.6 Å². The quantitative estimate of drug-likeness (QED) is 0.639. The maximum Gasteiger partial charge on any atom is 0.310 e. The molecule has 0 amide bonds. The van der Waals surface area contributed by atoms with Crippen molar-refractivity contribution in [2.45, 2.75) is 19.5 Å². The lowest BCUT2D eigenvalue weighted by atomic mass is 10.3. The number of rotatable bonds is 3. The van der Waals surface area contributed by atoms with Crippen molar-refractivity contribution in [3.8, 4) is 0 Å². The minimum Gasteiger partial charge on any atom is -0.345 e. The van der Waals surface area contributed by atoms with Crippen LogP contribution in [0.15, 0.2) is 23.1 Å². The van der Waals surface area contributed by atoms with E-state index < -0.39 is 4.92 Å². The second kappa shape index (κ2) is 5.12. The Hall–Kier alpha value is -1.93. The molecular formula is C12H11ClN4O3S. The van der Waals surface area contributed by atoms with E-state index in [1.165, 1.54) is 28.0 Å². The van der Waals surface area contributed by atoms with Gasteiger partial charge in [0.2, 0.25) is 0 Å². The molecule has 0 bridgehead atoms. The fraction of sp³-hybridized carbons (Fsp3) is 0.333. The third-order valence-corrected chi connectivity index (χ3v) is 4.47. The average molecular weight is 327 g/mol. The Morgan fingerprint density at radius 3 is 2.95 bits per heavy atom. The number of fused-ring (bicyclic) bond motifs is 1. The second-order valence-electron chi connectivity index (χ2n) is 4.82. The van der Waals surface area contributed by atoms with Crippen molar-refractivity contribution in [2.24, 2.45) is 0 Å². The van der Waals surface area contributed by atoms with Gasteiger partial charge in [-0.05, 0) is 6.92 Å². The molecule has 1 aliphatic rings. The molecule has 0 saturated carbocycles. The number of anilines is 1. The van der Waals surface area contributed by atoms with Gasteiger partial charge in [0.15, 0.2) is 10.3 Å². The lowest BCUT2D eigenvalue weighted by molar-refractivity contribution is -0.384. The van der Waals surface area contributed by atoms with Crippen LogP contribution >= 0.6 is 22.9 Å². The SMILES string of the molecule is CC1CN(Cc2cnc(Cl)s2)c2c([N+](=O)[O-])ccc(=O)n21. The molecular weight excluding hydrogens is 316 g/mol. The normalized spacial score (nSPS) is 17.0. The van der Waals surface area contributed by atoms with Gasteiger partial charge in [0.1, 0.15) is 0 Å². The molecule has 2 aromatic rings. The topological polar surface area (TPSA) is 81.3 Å². The van der Waals surface area contributed by atoms with Crippen LogP contribution in [0.3, 0.4) is 0 Å². The number of aromatic nitrogens is 2. The number of hydrogen-bond acceptors (Lipinski definition) is 6. The predicted molar refractivity (Wildman–Crippen MR) is 80.2 cm³/mol. The summed E-state index contributed by atoms with van der Waals surface area (Å²) in [5, 5.41) is 11.2. The van der Waals surface area contributed by atoms with E-state index in [-0.39, 0.29) is 17.3 Å². The molecule has 110 valence electrons. The standard InChI is InChI=1S/C12H11ClN4O3S/c1-7-5-15(6-8-4-14-12(13)21-8)11-9(17(19)20)2-3-10(18)16(7)11/h2-4,7H,5-6H2,1H3. The van der Waals surface area contributed by atoms with E-state index >= 15 is 0 Å². The number of hydrogen-bond donors (Lipinski definition) is 0. The van der Waals surface area contributed by atoms with Crippen molar-refractivity contribution in [3.05, 3.63) is 48.1 Å². The van der Waals surface area contributed by atoms with Gasteiger partial charge in [-0.3, -0.25) is 19.5 Å². The van der Waals surface area contributed by atoms with E-state index in [0.717, 1.165) is 4.88 Å². The van der Waals surface area contributed by atoms with Crippen molar-refractivity contribution in [1.82, 2.24) is 9.55 Å². The van der Waals surface area contributed by atoms with Crippen molar-refractivity contribution in [2.75, 3.05) is 11.4 Å². The summed E-state index contributed by atoms with van der Waals surface area (Å²) in [4.78, 5) is 29.4. The average Bonchev–Trinajstić information content (AvgIpc) is 2.95. The second-order valence-corrected chi connectivity index (χ2v) is 6.51. The largest absolute Gasteiger partial charge is 0.345 e. The Bertz CT molecular complexity index is 772. The van der Waals surface area contributed by atoms with Gasteiger partial charge in [-0.1, -0.05) is 11.6 Å². The van der Waals surface area contributed by atoms with Gasteiger partial charge in [-0.25, -0.2) is 4.98 Å². The summed E-state index contributed by atoms with van der Waals surface area (Å²) in [7, 11) is 0. The van der Waals surface area contributed by atoms with Gasteiger partial charge >= 0.3 is 5.69 Å². The fourth-order valence-electron chi connectivity index (χ4n) is 2.59. The van der Waals surface area contributed by atoms with E-state index in [9.17, 15) is 14.9 Å². The Kier molecular flexibility index (Phi) is 3.42. The van der Waals surface area contributed by atoms with E-state index in [0.29, 0.717) is 23.4 Å². The minimum atomic E-state index is -0.462. The molecule has 0 radical (unpaired) electrons. The van der Waals surface area contributed by atoms with Crippen molar-refractivity contribution in [1.29, 1.82) is 0 Å². The summed E-state index contributed by atoms with van der Waals surface area (Å²) >= 11 is 7.13. The highest BCUT2D eigenvalue weighted by molar-refractivity contribution is 7.15. The molecule has 21 heavy (non-hydrogen) atoms. The first-order valence-electron chi connectivity index (χ1n) is 6.22. The highest BCUT2D eigenvalue weighted by Gasteiger charge is 2.33.